The Morgan fingerprint density at radius 2 is 0.571 bits per heavy atom. The molecule has 12 aromatic heterocycles. The minimum absolute atomic E-state index is 1.06. The molecule has 24 rings (SSSR count). The van der Waals surface area contributed by atoms with Crippen LogP contribution in [-0.4, -0.2) is 27.7 Å². The molecule has 112 heavy (non-hydrogen) atoms. The molecule has 10 heteroatoms. The van der Waals surface area contributed by atoms with Crippen LogP contribution in [0, 0.1) is 55.4 Å². The average Bonchev–Trinajstić information content (AvgIpc) is 1.56. The summed E-state index contributed by atoms with van der Waals surface area (Å²) in [5.74, 6) is 0. The van der Waals surface area contributed by atoms with E-state index in [4.69, 9.17) is 10.1 Å². The van der Waals surface area contributed by atoms with Crippen LogP contribution in [0.5, 0.6) is 0 Å². The maximum Gasteiger partial charge on any atom is 0.287 e. The summed E-state index contributed by atoms with van der Waals surface area (Å²) in [7, 11) is 8.46. The average molecular weight is 1450 g/mol. The molecule has 24 aromatic rings. The molecule has 0 spiro atoms. The van der Waals surface area contributed by atoms with Gasteiger partial charge in [-0.2, -0.15) is 0 Å². The zero-order chi connectivity index (χ0) is 76.0. The van der Waals surface area contributed by atoms with E-state index in [9.17, 15) is 0 Å². The minimum atomic E-state index is 1.06. The van der Waals surface area contributed by atoms with E-state index in [1.54, 1.807) is 0 Å². The molecule has 0 radical (unpaired) electrons. The van der Waals surface area contributed by atoms with Crippen molar-refractivity contribution < 1.29 is 18.4 Å². The molecule has 536 valence electrons. The third kappa shape index (κ3) is 9.45. The number of hydrogen-bond acceptors (Lipinski definition) is 2. The summed E-state index contributed by atoms with van der Waals surface area (Å²) in [5.41, 5.74) is 31.7. The smallest absolute Gasteiger partial charge is 0.287 e. The van der Waals surface area contributed by atoms with Gasteiger partial charge in [0.1, 0.15) is 25.5 Å². The van der Waals surface area contributed by atoms with E-state index in [0.717, 1.165) is 11.2 Å². The molecular formula is C102H82N10+4. The first kappa shape index (κ1) is 66.5. The second-order valence-corrected chi connectivity index (χ2v) is 31.1. The SMILES string of the molecule is Cc1ccc2c(-c3c(C)n4c5ccccc5c5cccc3c54)[n+](C)ccc2c1.Cc1ccc2c(-c3c(C)n4c5ccccc5c5cccc3c54)[n+](C)ccc2c1.Cc1cccc2c(-c3c(C)n4c5ccccc5c5cccc3c54)[n+](C)cnc12.Cc1n[n+](C)c(-c2c(C)n3c4ccccc4c4cccc2c43)c2ccccc12. The second-order valence-electron chi connectivity index (χ2n) is 31.1. The molecule has 0 aliphatic carbocycles. The first-order chi connectivity index (χ1) is 54.6. The first-order valence-corrected chi connectivity index (χ1v) is 38.9. The van der Waals surface area contributed by atoms with Gasteiger partial charge in [0.25, 0.3) is 6.33 Å². The van der Waals surface area contributed by atoms with E-state index < -0.39 is 0 Å². The maximum atomic E-state index is 4.83. The highest BCUT2D eigenvalue weighted by Gasteiger charge is 2.32. The van der Waals surface area contributed by atoms with Gasteiger partial charge in [0.05, 0.1) is 95.0 Å². The van der Waals surface area contributed by atoms with Crippen LogP contribution in [0.25, 0.3) is 197 Å². The highest BCUT2D eigenvalue weighted by molar-refractivity contribution is 6.23. The van der Waals surface area contributed by atoms with Crippen molar-refractivity contribution in [2.24, 2.45) is 28.2 Å². The fourth-order valence-electron chi connectivity index (χ4n) is 19.8. The molecule has 0 atom stereocenters. The molecule has 0 saturated carbocycles. The van der Waals surface area contributed by atoms with Gasteiger partial charge in [0.15, 0.2) is 25.0 Å². The van der Waals surface area contributed by atoms with E-state index in [1.165, 1.54) is 231 Å². The molecule has 0 fully saturated rings. The molecule has 0 unspecified atom stereocenters. The molecule has 0 N–H and O–H groups in total. The van der Waals surface area contributed by atoms with Gasteiger partial charge < -0.3 is 17.6 Å². The third-order valence-electron chi connectivity index (χ3n) is 24.6. The molecule has 12 aromatic carbocycles. The van der Waals surface area contributed by atoms with Crippen molar-refractivity contribution in [3.05, 3.63) is 325 Å². The Morgan fingerprint density at radius 3 is 0.964 bits per heavy atom. The van der Waals surface area contributed by atoms with Gasteiger partial charge in [-0.05, 0) is 125 Å². The largest absolute Gasteiger partial charge is 0.312 e. The zero-order valence-corrected chi connectivity index (χ0v) is 65.0. The number of nitrogens with zero attached hydrogens (tertiary/aromatic N) is 10. The van der Waals surface area contributed by atoms with Crippen molar-refractivity contribution in [3.8, 4) is 45.0 Å². The number of aromatic nitrogens is 10. The number of hydrogen-bond donors (Lipinski definition) is 0. The maximum absolute atomic E-state index is 4.83. The van der Waals surface area contributed by atoms with Crippen molar-refractivity contribution in [2.75, 3.05) is 0 Å². The fraction of sp³-hybridized carbons (Fsp3) is 0.118. The Labute approximate surface area is 647 Å². The molecule has 0 amide bonds. The Hall–Kier alpha value is -13.7. The van der Waals surface area contributed by atoms with Gasteiger partial charge in [-0.25, -0.2) is 13.7 Å². The van der Waals surface area contributed by atoms with Crippen molar-refractivity contribution in [1.29, 1.82) is 0 Å². The van der Waals surface area contributed by atoms with Crippen molar-refractivity contribution in [2.45, 2.75) is 55.4 Å². The Kier molecular flexibility index (Phi) is 14.8. The standard InChI is InChI=1S/2C26H21N2.2C25H20N3/c2*1-16-11-12-19-18(15-16)13-14-27(3)26(19)24-17(2)28-23-10-5-4-7-20(23)21-8-6-9-22(24)25(21)28;1-15-8-6-12-20-23(15)26-14-27(3)25(20)22-16(2)28-21-13-5-4-9-17(21)18-10-7-11-19(22)24(18)28;1-15-17-9-4-5-11-19(17)25(27(3)26-15)23-16(2)28-22-14-7-6-10-18(22)20-12-8-13-21(23)24(20)28/h2*4-15H,1-3H3;2*4-14H,1-3H3/q4*+1. The van der Waals surface area contributed by atoms with Gasteiger partial charge in [-0.3, -0.25) is 0 Å². The molecular weight excluding hydrogens is 1370 g/mol. The lowest BCUT2D eigenvalue weighted by Gasteiger charge is -2.08. The van der Waals surface area contributed by atoms with Crippen LogP contribution in [0.1, 0.15) is 45.2 Å². The summed E-state index contributed by atoms with van der Waals surface area (Å²) in [6.45, 7) is 17.5. The Bertz CT molecular complexity index is 7640. The summed E-state index contributed by atoms with van der Waals surface area (Å²) in [6, 6.07) is 94.6. The molecule has 0 bridgehead atoms. The van der Waals surface area contributed by atoms with E-state index in [2.05, 4.69) is 388 Å². The zero-order valence-electron chi connectivity index (χ0n) is 65.0. The summed E-state index contributed by atoms with van der Waals surface area (Å²) >= 11 is 0. The van der Waals surface area contributed by atoms with E-state index in [1.807, 2.05) is 11.0 Å². The summed E-state index contributed by atoms with van der Waals surface area (Å²) in [5, 5.41) is 29.5. The number of benzene rings is 12. The lowest BCUT2D eigenvalue weighted by atomic mass is 9.98. The number of para-hydroxylation sites is 9. The topological polar surface area (TPSA) is 58.9 Å². The number of rotatable bonds is 4. The molecule has 0 aliphatic heterocycles. The van der Waals surface area contributed by atoms with Crippen LogP contribution >= 0.6 is 0 Å². The van der Waals surface area contributed by atoms with Crippen molar-refractivity contribution in [1.82, 2.24) is 27.7 Å². The number of aryl methyl sites for hydroxylation is 12. The van der Waals surface area contributed by atoms with Gasteiger partial charge in [0, 0.05) is 110 Å². The normalized spacial score (nSPS) is 12.1. The summed E-state index contributed by atoms with van der Waals surface area (Å²) in [4.78, 5) is 4.71. The highest BCUT2D eigenvalue weighted by Crippen LogP contribution is 2.48. The van der Waals surface area contributed by atoms with Crippen LogP contribution in [0.3, 0.4) is 0 Å². The van der Waals surface area contributed by atoms with Gasteiger partial charge in [0.2, 0.25) is 17.1 Å². The lowest BCUT2D eigenvalue weighted by Crippen LogP contribution is -2.36. The third-order valence-corrected chi connectivity index (χ3v) is 24.6. The predicted octanol–water partition coefficient (Wildman–Crippen LogP) is 22.6. The fourth-order valence-corrected chi connectivity index (χ4v) is 19.8. The van der Waals surface area contributed by atoms with E-state index in [0.29, 0.717) is 0 Å². The first-order valence-electron chi connectivity index (χ1n) is 38.9. The molecule has 12 heterocycles. The Morgan fingerprint density at radius 1 is 0.259 bits per heavy atom. The van der Waals surface area contributed by atoms with Crippen LogP contribution in [0.2, 0.25) is 0 Å². The summed E-state index contributed by atoms with van der Waals surface area (Å²) < 4.78 is 18.5. The van der Waals surface area contributed by atoms with Crippen LogP contribution in [0.15, 0.2) is 280 Å². The van der Waals surface area contributed by atoms with Crippen LogP contribution < -0.4 is 18.4 Å². The second kappa shape index (κ2) is 24.9. The van der Waals surface area contributed by atoms with E-state index in [-0.39, 0.29) is 0 Å². The van der Waals surface area contributed by atoms with Crippen molar-refractivity contribution in [3.63, 3.8) is 0 Å². The van der Waals surface area contributed by atoms with Crippen LogP contribution in [0.4, 0.5) is 0 Å². The number of pyridine rings is 2. The molecule has 0 saturated heterocycles. The minimum Gasteiger partial charge on any atom is -0.312 e. The quantitative estimate of drug-likeness (QED) is 0.165. The molecule has 10 nitrogen and oxygen atoms in total. The van der Waals surface area contributed by atoms with Gasteiger partial charge in [-0.1, -0.05) is 216 Å². The van der Waals surface area contributed by atoms with Gasteiger partial charge >= 0.3 is 0 Å². The van der Waals surface area contributed by atoms with Crippen LogP contribution in [-0.2, 0) is 28.2 Å². The predicted molar refractivity (Wildman–Crippen MR) is 464 cm³/mol. The Balaban J connectivity index is 0.0000000943. The highest BCUT2D eigenvalue weighted by atomic mass is 15.3. The van der Waals surface area contributed by atoms with Crippen molar-refractivity contribution >= 4 is 152 Å². The summed E-state index contributed by atoms with van der Waals surface area (Å²) in [6.07, 6.45) is 6.31. The number of fused-ring (bicyclic) bond motifs is 16. The van der Waals surface area contributed by atoms with Gasteiger partial charge in [-0.15, -0.1) is 0 Å². The molecule has 0 aliphatic rings. The van der Waals surface area contributed by atoms with E-state index >= 15 is 0 Å². The monoisotopic (exact) mass is 1450 g/mol. The lowest BCUT2D eigenvalue weighted by molar-refractivity contribution is -0.719.